The fourth-order valence-electron chi connectivity index (χ4n) is 3.78. The molecule has 3 aromatic rings. The Hall–Kier alpha value is -2.02. The van der Waals surface area contributed by atoms with Gasteiger partial charge in [-0.15, -0.1) is 0 Å². The molecule has 4 rings (SSSR count). The molecule has 2 aromatic heterocycles. The summed E-state index contributed by atoms with van der Waals surface area (Å²) in [6.07, 6.45) is -0.300. The molecule has 0 saturated heterocycles. The Kier molecular flexibility index (Phi) is 6.09. The second-order valence-corrected chi connectivity index (χ2v) is 8.82. The molecule has 1 aliphatic rings. The van der Waals surface area contributed by atoms with E-state index in [4.69, 9.17) is 11.6 Å². The number of carbonyl (C=O) groups is 1. The Balaban J connectivity index is 1.63. The first kappa shape index (κ1) is 21.2. The smallest absolute Gasteiger partial charge is 0.226 e. The van der Waals surface area contributed by atoms with Gasteiger partial charge in [-0.3, -0.25) is 4.79 Å². The standard InChI is InChI=1S/C19H20ClIN6O3/c1-9(28)24-12-6-13(16(30)15(12)29)27-8-23-14-17(25-19(20)26-18(14)27)22-7-10-3-2-4-11(21)5-10/h2-5,8,12-13,15-16,29-30H,6-7H2,1H3,(H,24,28)(H,22,25,26). The molecule has 158 valence electrons. The molecule has 1 aromatic carbocycles. The maximum absolute atomic E-state index is 11.4. The molecule has 30 heavy (non-hydrogen) atoms. The average Bonchev–Trinajstić information content (AvgIpc) is 3.22. The van der Waals surface area contributed by atoms with Crippen LogP contribution in [0, 0.1) is 3.57 Å². The lowest BCUT2D eigenvalue weighted by atomic mass is 10.2. The summed E-state index contributed by atoms with van der Waals surface area (Å²) in [5, 5.41) is 26.8. The summed E-state index contributed by atoms with van der Waals surface area (Å²) >= 11 is 8.41. The van der Waals surface area contributed by atoms with Gasteiger partial charge in [0.1, 0.15) is 12.2 Å². The van der Waals surface area contributed by atoms with Gasteiger partial charge in [0.15, 0.2) is 17.0 Å². The summed E-state index contributed by atoms with van der Waals surface area (Å²) in [4.78, 5) is 24.4. The number of carbonyl (C=O) groups excluding carboxylic acids is 1. The highest BCUT2D eigenvalue weighted by Crippen LogP contribution is 2.34. The molecule has 11 heteroatoms. The number of hydrogen-bond acceptors (Lipinski definition) is 7. The van der Waals surface area contributed by atoms with E-state index in [1.807, 2.05) is 18.2 Å². The molecule has 0 radical (unpaired) electrons. The molecule has 2 heterocycles. The Morgan fingerprint density at radius 3 is 2.87 bits per heavy atom. The van der Waals surface area contributed by atoms with Crippen molar-refractivity contribution in [3.63, 3.8) is 0 Å². The topological polar surface area (TPSA) is 125 Å². The van der Waals surface area contributed by atoms with Crippen molar-refractivity contribution in [3.8, 4) is 0 Å². The second-order valence-electron chi connectivity index (χ2n) is 7.24. The third-order valence-electron chi connectivity index (χ3n) is 5.14. The van der Waals surface area contributed by atoms with Crippen molar-refractivity contribution in [2.75, 3.05) is 5.32 Å². The lowest BCUT2D eigenvalue weighted by Crippen LogP contribution is -2.42. The number of aliphatic hydroxyl groups excluding tert-OH is 2. The van der Waals surface area contributed by atoms with Crippen LogP contribution in [-0.2, 0) is 11.3 Å². The van der Waals surface area contributed by atoms with Gasteiger partial charge >= 0.3 is 0 Å². The highest BCUT2D eigenvalue weighted by molar-refractivity contribution is 14.1. The van der Waals surface area contributed by atoms with Crippen LogP contribution >= 0.6 is 34.2 Å². The summed E-state index contributed by atoms with van der Waals surface area (Å²) in [7, 11) is 0. The molecule has 9 nitrogen and oxygen atoms in total. The summed E-state index contributed by atoms with van der Waals surface area (Å²) in [5.41, 5.74) is 2.03. The molecular formula is C19H20ClIN6O3. The SMILES string of the molecule is CC(=O)NC1CC(n2cnc3c(NCc4cccc(I)c4)nc(Cl)nc32)C(O)C1O. The van der Waals surface area contributed by atoms with Gasteiger partial charge in [0.05, 0.1) is 18.4 Å². The number of halogens is 2. The second kappa shape index (κ2) is 8.61. The molecule has 0 spiro atoms. The number of imidazole rings is 1. The third-order valence-corrected chi connectivity index (χ3v) is 5.98. The highest BCUT2D eigenvalue weighted by Gasteiger charge is 2.43. The van der Waals surface area contributed by atoms with Crippen molar-refractivity contribution in [2.45, 2.75) is 44.2 Å². The van der Waals surface area contributed by atoms with Crippen LogP contribution in [0.25, 0.3) is 11.2 Å². The van der Waals surface area contributed by atoms with E-state index >= 15 is 0 Å². The zero-order chi connectivity index (χ0) is 21.4. The van der Waals surface area contributed by atoms with E-state index in [2.05, 4.69) is 54.2 Å². The van der Waals surface area contributed by atoms with Crippen LogP contribution in [0.1, 0.15) is 24.9 Å². The minimum atomic E-state index is -1.09. The van der Waals surface area contributed by atoms with Crippen LogP contribution in [0.3, 0.4) is 0 Å². The summed E-state index contributed by atoms with van der Waals surface area (Å²) in [6, 6.07) is 6.98. The molecule has 4 unspecified atom stereocenters. The maximum atomic E-state index is 11.4. The van der Waals surface area contributed by atoms with E-state index in [1.54, 1.807) is 10.9 Å². The zero-order valence-electron chi connectivity index (χ0n) is 16.0. The molecule has 1 amide bonds. The fourth-order valence-corrected chi connectivity index (χ4v) is 4.55. The number of nitrogens with zero attached hydrogens (tertiary/aromatic N) is 4. The van der Waals surface area contributed by atoms with Crippen LogP contribution in [-0.4, -0.2) is 53.9 Å². The number of rotatable bonds is 5. The average molecular weight is 543 g/mol. The zero-order valence-corrected chi connectivity index (χ0v) is 18.9. The first-order valence-electron chi connectivity index (χ1n) is 9.35. The number of anilines is 1. The summed E-state index contributed by atoms with van der Waals surface area (Å²) in [6.45, 7) is 1.90. The summed E-state index contributed by atoms with van der Waals surface area (Å²) in [5.74, 6) is 0.212. The van der Waals surface area contributed by atoms with E-state index in [9.17, 15) is 15.0 Å². The third kappa shape index (κ3) is 4.22. The van der Waals surface area contributed by atoms with E-state index in [0.29, 0.717) is 29.9 Å². The lowest BCUT2D eigenvalue weighted by Gasteiger charge is -2.18. The van der Waals surface area contributed by atoms with Crippen molar-refractivity contribution >= 4 is 57.1 Å². The van der Waals surface area contributed by atoms with Crippen LogP contribution in [0.4, 0.5) is 5.82 Å². The monoisotopic (exact) mass is 542 g/mol. The number of hydrogen-bond donors (Lipinski definition) is 4. The van der Waals surface area contributed by atoms with Crippen molar-refractivity contribution in [2.24, 2.45) is 0 Å². The minimum absolute atomic E-state index is 0.0424. The van der Waals surface area contributed by atoms with Gasteiger partial charge in [-0.05, 0) is 58.3 Å². The Morgan fingerprint density at radius 1 is 1.33 bits per heavy atom. The lowest BCUT2D eigenvalue weighted by molar-refractivity contribution is -0.120. The number of amides is 1. The fraction of sp³-hybridized carbons (Fsp3) is 0.368. The number of fused-ring (bicyclic) bond motifs is 1. The highest BCUT2D eigenvalue weighted by atomic mass is 127. The molecule has 1 saturated carbocycles. The van der Waals surface area contributed by atoms with E-state index in [1.165, 1.54) is 6.92 Å². The van der Waals surface area contributed by atoms with Crippen LogP contribution in [0.15, 0.2) is 30.6 Å². The van der Waals surface area contributed by atoms with Gasteiger partial charge in [-0.1, -0.05) is 12.1 Å². The Morgan fingerprint density at radius 2 is 2.13 bits per heavy atom. The van der Waals surface area contributed by atoms with Gasteiger partial charge in [0, 0.05) is 17.0 Å². The molecule has 0 aliphatic heterocycles. The van der Waals surface area contributed by atoms with Gasteiger partial charge in [-0.2, -0.15) is 9.97 Å². The van der Waals surface area contributed by atoms with Crippen molar-refractivity contribution < 1.29 is 15.0 Å². The molecule has 4 atom stereocenters. The Bertz CT molecular complexity index is 1090. The van der Waals surface area contributed by atoms with E-state index in [0.717, 1.165) is 9.13 Å². The molecule has 4 N–H and O–H groups in total. The number of nitrogens with one attached hydrogen (secondary N) is 2. The van der Waals surface area contributed by atoms with Gasteiger partial charge in [0.25, 0.3) is 0 Å². The summed E-state index contributed by atoms with van der Waals surface area (Å²) < 4.78 is 2.81. The first-order chi connectivity index (χ1) is 14.3. The van der Waals surface area contributed by atoms with E-state index in [-0.39, 0.29) is 11.2 Å². The minimum Gasteiger partial charge on any atom is -0.388 e. The quantitative estimate of drug-likeness (QED) is 0.287. The van der Waals surface area contributed by atoms with Gasteiger partial charge < -0.3 is 25.4 Å². The van der Waals surface area contributed by atoms with Gasteiger partial charge in [0.2, 0.25) is 11.2 Å². The number of benzene rings is 1. The Labute approximate surface area is 191 Å². The molecule has 1 fully saturated rings. The van der Waals surface area contributed by atoms with Crippen LogP contribution in [0.2, 0.25) is 5.28 Å². The first-order valence-corrected chi connectivity index (χ1v) is 10.8. The molecule has 1 aliphatic carbocycles. The number of aromatic nitrogens is 4. The largest absolute Gasteiger partial charge is 0.388 e. The molecular weight excluding hydrogens is 523 g/mol. The maximum Gasteiger partial charge on any atom is 0.226 e. The van der Waals surface area contributed by atoms with Gasteiger partial charge in [-0.25, -0.2) is 4.98 Å². The van der Waals surface area contributed by atoms with Crippen molar-refractivity contribution in [1.29, 1.82) is 0 Å². The van der Waals surface area contributed by atoms with Crippen molar-refractivity contribution in [1.82, 2.24) is 24.8 Å². The van der Waals surface area contributed by atoms with Crippen LogP contribution in [0.5, 0.6) is 0 Å². The van der Waals surface area contributed by atoms with Crippen LogP contribution < -0.4 is 10.6 Å². The number of aliphatic hydroxyl groups is 2. The predicted molar refractivity (Wildman–Crippen MR) is 120 cm³/mol. The normalized spacial score (nSPS) is 23.6. The van der Waals surface area contributed by atoms with Crippen molar-refractivity contribution in [3.05, 3.63) is 45.0 Å². The predicted octanol–water partition coefficient (Wildman–Crippen LogP) is 1.87. The molecule has 0 bridgehead atoms. The van der Waals surface area contributed by atoms with E-state index < -0.39 is 24.3 Å².